The number of thiophene rings is 2. The third-order valence-electron chi connectivity index (χ3n) is 18.5. The highest BCUT2D eigenvalue weighted by atomic mass is 32.2. The third-order valence-corrected chi connectivity index (χ3v) is 23.1. The highest BCUT2D eigenvalue weighted by Crippen LogP contribution is 2.58. The average molecular weight is 1290 g/mol. The second kappa shape index (κ2) is 22.9. The second-order valence-corrected chi connectivity index (χ2v) is 28.3. The van der Waals surface area contributed by atoms with Gasteiger partial charge >= 0.3 is 0 Å². The quantitative estimate of drug-likeness (QED) is 0.127. The van der Waals surface area contributed by atoms with E-state index in [0.29, 0.717) is 11.1 Å². The SMILES string of the molecule is Cc1cc(N(c2cc3c(c4c2sc2ccccc24)c2c4c(sc5ccccc54)c(N(c4ccc(-c5ccccc5C#N)c(C)c4)C4Oc5ccccc5S4)cc2n3-c2cc(-c3ccccc3)cc(-c3ccccc3)c2)C2Oc3ccccc3S2)ccc1-c1ccccc1C#N. The van der Waals surface area contributed by atoms with Crippen LogP contribution in [0.15, 0.2) is 283 Å². The molecule has 2 aliphatic rings. The number of nitrogens with zero attached hydrogens (tertiary/aromatic N) is 5. The van der Waals surface area contributed by atoms with Gasteiger partial charge in [0.25, 0.3) is 0 Å². The van der Waals surface area contributed by atoms with Crippen molar-refractivity contribution in [2.45, 2.75) is 34.8 Å². The molecule has 5 heterocycles. The molecule has 0 spiro atoms. The lowest BCUT2D eigenvalue weighted by Gasteiger charge is -2.31. The van der Waals surface area contributed by atoms with E-state index in [0.717, 1.165) is 137 Å². The Labute approximate surface area is 565 Å². The number of aromatic nitrogens is 1. The van der Waals surface area contributed by atoms with Gasteiger partial charge in [-0.1, -0.05) is 193 Å². The van der Waals surface area contributed by atoms with Crippen molar-refractivity contribution >= 4 is 131 Å². The Morgan fingerprint density at radius 3 is 1.23 bits per heavy atom. The maximum atomic E-state index is 10.4. The largest absolute Gasteiger partial charge is 0.459 e. The standard InChI is InChI=1S/C84H53N5O2S4/c1-50-41-58(37-39-61(50)63-27-11-9-25-54(63)48-85)88(83-90-71-31-15-19-35-75(71)94-83)69-46-67-79(77-65-29-13-17-33-73(65)92-81(69)77)80-68(87(67)60-44-56(52-21-5-3-6-22-52)43-57(45-60)53-23-7-4-8-24-53)47-70(82-78(80)66-30-14-18-34-74(66)93-82)89(84-91-72-32-16-20-36-76(72)95-84)59-38-40-62(51(2)42-59)64-28-12-10-26-55(64)49-86/h3-47,83-84H,1-2H3. The normalized spacial score (nSPS) is 14.1. The van der Waals surface area contributed by atoms with E-state index in [1.807, 2.05) is 83.3 Å². The first-order valence-electron chi connectivity index (χ1n) is 31.5. The molecule has 11 heteroatoms. The molecular formula is C84H53N5O2S4. The molecule has 0 N–H and O–H groups in total. The first kappa shape index (κ1) is 56.7. The summed E-state index contributed by atoms with van der Waals surface area (Å²) in [4.78, 5) is 6.98. The number of hydrogen-bond donors (Lipinski definition) is 0. The summed E-state index contributed by atoms with van der Waals surface area (Å²) in [5.74, 6) is 1.68. The minimum atomic E-state index is -0.511. The lowest BCUT2D eigenvalue weighted by atomic mass is 9.95. The molecule has 3 aromatic heterocycles. The van der Waals surface area contributed by atoms with E-state index in [2.05, 4.69) is 253 Å². The smallest absolute Gasteiger partial charge is 0.230 e. The molecule has 13 aromatic carbocycles. The van der Waals surface area contributed by atoms with E-state index < -0.39 is 11.1 Å². The van der Waals surface area contributed by atoms with Gasteiger partial charge in [-0.2, -0.15) is 10.5 Å². The van der Waals surface area contributed by atoms with E-state index in [1.165, 1.54) is 30.9 Å². The minimum Gasteiger partial charge on any atom is -0.459 e. The molecule has 450 valence electrons. The van der Waals surface area contributed by atoms with Crippen LogP contribution in [-0.2, 0) is 0 Å². The zero-order valence-corrected chi connectivity index (χ0v) is 54.6. The number of rotatable bonds is 11. The summed E-state index contributed by atoms with van der Waals surface area (Å²) in [5.41, 5.74) is 17.5. The lowest BCUT2D eigenvalue weighted by Crippen LogP contribution is -2.31. The third kappa shape index (κ3) is 9.37. The lowest BCUT2D eigenvalue weighted by molar-refractivity contribution is 0.300. The van der Waals surface area contributed by atoms with Gasteiger partial charge in [-0.15, -0.1) is 22.7 Å². The first-order valence-corrected chi connectivity index (χ1v) is 34.9. The summed E-state index contributed by atoms with van der Waals surface area (Å²) in [6, 6.07) is 102. The fourth-order valence-electron chi connectivity index (χ4n) is 14.3. The number of fused-ring (bicyclic) bond motifs is 13. The van der Waals surface area contributed by atoms with E-state index >= 15 is 0 Å². The van der Waals surface area contributed by atoms with Gasteiger partial charge in [-0.3, -0.25) is 9.80 Å². The van der Waals surface area contributed by atoms with Crippen LogP contribution < -0.4 is 19.3 Å². The van der Waals surface area contributed by atoms with Gasteiger partial charge in [0.15, 0.2) is 0 Å². The van der Waals surface area contributed by atoms with Gasteiger partial charge in [-0.25, -0.2) is 0 Å². The Hall–Kier alpha value is -11.0. The Bertz CT molecular complexity index is 5510. The van der Waals surface area contributed by atoms with E-state index in [-0.39, 0.29) is 0 Å². The summed E-state index contributed by atoms with van der Waals surface area (Å²) < 4.78 is 21.6. The molecule has 95 heavy (non-hydrogen) atoms. The van der Waals surface area contributed by atoms with Gasteiger partial charge in [0, 0.05) is 58.8 Å². The first-order chi connectivity index (χ1) is 46.8. The molecule has 0 saturated heterocycles. The summed E-state index contributed by atoms with van der Waals surface area (Å²) >= 11 is 7.08. The monoisotopic (exact) mass is 1290 g/mol. The molecular weight excluding hydrogens is 1240 g/mol. The topological polar surface area (TPSA) is 77.4 Å². The zero-order valence-electron chi connectivity index (χ0n) is 51.3. The van der Waals surface area contributed by atoms with Crippen molar-refractivity contribution in [3.63, 3.8) is 0 Å². The van der Waals surface area contributed by atoms with Crippen LogP contribution in [0.3, 0.4) is 0 Å². The van der Waals surface area contributed by atoms with Gasteiger partial charge in [0.1, 0.15) is 11.5 Å². The molecule has 0 aliphatic carbocycles. The number of hydrogen-bond acceptors (Lipinski definition) is 10. The number of nitriles is 2. The predicted octanol–water partition coefficient (Wildman–Crippen LogP) is 23.8. The number of benzene rings is 13. The Kier molecular flexibility index (Phi) is 13.7. The van der Waals surface area contributed by atoms with Crippen molar-refractivity contribution in [2.75, 3.05) is 9.80 Å². The number of ether oxygens (including phenoxy) is 2. The highest BCUT2D eigenvalue weighted by Gasteiger charge is 2.37. The van der Waals surface area contributed by atoms with Crippen molar-refractivity contribution in [3.8, 4) is 73.8 Å². The van der Waals surface area contributed by atoms with Crippen molar-refractivity contribution in [2.24, 2.45) is 0 Å². The maximum absolute atomic E-state index is 10.4. The van der Waals surface area contributed by atoms with Crippen LogP contribution in [0.5, 0.6) is 11.5 Å². The van der Waals surface area contributed by atoms with Crippen LogP contribution in [0, 0.1) is 36.5 Å². The zero-order chi connectivity index (χ0) is 63.4. The van der Waals surface area contributed by atoms with Gasteiger partial charge in [-0.05, 0) is 173 Å². The number of thioether (sulfide) groups is 2. The van der Waals surface area contributed by atoms with Crippen molar-refractivity contribution in [1.29, 1.82) is 10.5 Å². The van der Waals surface area contributed by atoms with E-state index in [9.17, 15) is 10.5 Å². The molecule has 0 fully saturated rings. The van der Waals surface area contributed by atoms with E-state index in [1.54, 1.807) is 23.5 Å². The number of para-hydroxylation sites is 2. The number of aryl methyl sites for hydroxylation is 2. The van der Waals surface area contributed by atoms with Crippen LogP contribution in [0.25, 0.3) is 112 Å². The summed E-state index contributed by atoms with van der Waals surface area (Å²) in [6.45, 7) is 4.30. The highest BCUT2D eigenvalue weighted by molar-refractivity contribution is 8.00. The van der Waals surface area contributed by atoms with Crippen molar-refractivity contribution < 1.29 is 9.47 Å². The fourth-order valence-corrected chi connectivity index (χ4v) is 18.9. The molecule has 0 radical (unpaired) electrons. The van der Waals surface area contributed by atoms with Gasteiger partial charge in [0.2, 0.25) is 11.1 Å². The second-order valence-electron chi connectivity index (χ2n) is 24.1. The van der Waals surface area contributed by atoms with Crippen molar-refractivity contribution in [1.82, 2.24) is 4.57 Å². The van der Waals surface area contributed by atoms with Crippen LogP contribution in [0.1, 0.15) is 22.3 Å². The Balaban J connectivity index is 0.996. The summed E-state index contributed by atoms with van der Waals surface area (Å²) in [6.07, 6.45) is 0. The molecule has 0 saturated carbocycles. The molecule has 16 aromatic rings. The predicted molar refractivity (Wildman–Crippen MR) is 398 cm³/mol. The molecule has 18 rings (SSSR count). The molecule has 2 atom stereocenters. The van der Waals surface area contributed by atoms with Crippen LogP contribution >= 0.6 is 46.2 Å². The summed E-state index contributed by atoms with van der Waals surface area (Å²) in [5, 5.41) is 27.8. The molecule has 0 bridgehead atoms. The van der Waals surface area contributed by atoms with Gasteiger partial charge in [0.05, 0.1) is 64.9 Å². The van der Waals surface area contributed by atoms with Crippen LogP contribution in [0.2, 0.25) is 0 Å². The number of anilines is 4. The Morgan fingerprint density at radius 1 is 0.379 bits per heavy atom. The summed E-state index contributed by atoms with van der Waals surface area (Å²) in [7, 11) is 0. The fraction of sp³-hybridized carbons (Fsp3) is 0.0476. The maximum Gasteiger partial charge on any atom is 0.230 e. The molecule has 2 aliphatic heterocycles. The molecule has 2 unspecified atom stereocenters. The Morgan fingerprint density at radius 2 is 0.789 bits per heavy atom. The van der Waals surface area contributed by atoms with Crippen LogP contribution in [0.4, 0.5) is 22.7 Å². The average Bonchev–Trinajstić information content (AvgIpc) is 1.52. The van der Waals surface area contributed by atoms with E-state index in [4.69, 9.17) is 9.47 Å². The minimum absolute atomic E-state index is 0.511. The molecule has 0 amide bonds. The van der Waals surface area contributed by atoms with Gasteiger partial charge < -0.3 is 14.0 Å². The van der Waals surface area contributed by atoms with Crippen molar-refractivity contribution in [3.05, 3.63) is 295 Å². The van der Waals surface area contributed by atoms with Crippen LogP contribution in [-0.4, -0.2) is 15.7 Å². The molecule has 7 nitrogen and oxygen atoms in total.